The molecule has 106 valence electrons. The first-order valence-electron chi connectivity index (χ1n) is 7.02. The van der Waals surface area contributed by atoms with E-state index in [2.05, 4.69) is 31.0 Å². The van der Waals surface area contributed by atoms with Gasteiger partial charge in [-0.3, -0.25) is 4.79 Å². The number of nitrogens with two attached hydrogens (primary N) is 1. The summed E-state index contributed by atoms with van der Waals surface area (Å²) in [6, 6.07) is 5.61. The second kappa shape index (κ2) is 5.68. The van der Waals surface area contributed by atoms with E-state index in [0.29, 0.717) is 23.4 Å². The van der Waals surface area contributed by atoms with Crippen LogP contribution in [0.15, 0.2) is 18.2 Å². The largest absolute Gasteiger partial charge is 0.352 e. The van der Waals surface area contributed by atoms with Crippen molar-refractivity contribution in [2.75, 3.05) is 13.1 Å². The molecule has 1 aliphatic rings. The van der Waals surface area contributed by atoms with Crippen molar-refractivity contribution in [1.29, 1.82) is 0 Å². The SMILES string of the molecule is Cc1ccc(C(=O)NCC2CC2(C)C)cc1C#CCN. The van der Waals surface area contributed by atoms with Crippen molar-refractivity contribution < 1.29 is 4.79 Å². The molecular formula is C17H22N2O. The fourth-order valence-electron chi connectivity index (χ4n) is 2.29. The topological polar surface area (TPSA) is 55.1 Å². The highest BCUT2D eigenvalue weighted by molar-refractivity contribution is 5.94. The van der Waals surface area contributed by atoms with E-state index in [4.69, 9.17) is 5.73 Å². The van der Waals surface area contributed by atoms with Crippen LogP contribution in [0.4, 0.5) is 0 Å². The molecule has 1 aromatic carbocycles. The molecule has 0 spiro atoms. The van der Waals surface area contributed by atoms with Crippen molar-refractivity contribution in [3.8, 4) is 11.8 Å². The molecule has 0 aliphatic heterocycles. The standard InChI is InChI=1S/C17H22N2O/c1-12-6-7-14(9-13(12)5-4-8-18)16(20)19-11-15-10-17(15,2)3/h6-7,9,15H,8,10-11,18H2,1-3H3,(H,19,20). The molecule has 1 aromatic rings. The van der Waals surface area contributed by atoms with Crippen molar-refractivity contribution >= 4 is 5.91 Å². The number of benzene rings is 1. The van der Waals surface area contributed by atoms with Crippen LogP contribution in [0.1, 0.15) is 41.8 Å². The van der Waals surface area contributed by atoms with Crippen molar-refractivity contribution in [1.82, 2.24) is 5.32 Å². The lowest BCUT2D eigenvalue weighted by molar-refractivity contribution is 0.0950. The van der Waals surface area contributed by atoms with E-state index in [1.807, 2.05) is 25.1 Å². The van der Waals surface area contributed by atoms with E-state index in [1.165, 1.54) is 6.42 Å². The number of amides is 1. The van der Waals surface area contributed by atoms with E-state index >= 15 is 0 Å². The highest BCUT2D eigenvalue weighted by atomic mass is 16.1. The molecule has 0 saturated heterocycles. The van der Waals surface area contributed by atoms with Gasteiger partial charge in [0.05, 0.1) is 6.54 Å². The van der Waals surface area contributed by atoms with Gasteiger partial charge in [0.25, 0.3) is 5.91 Å². The van der Waals surface area contributed by atoms with Gasteiger partial charge in [-0.05, 0) is 42.4 Å². The minimum atomic E-state index is -0.0245. The summed E-state index contributed by atoms with van der Waals surface area (Å²) >= 11 is 0. The number of nitrogens with one attached hydrogen (secondary N) is 1. The van der Waals surface area contributed by atoms with Gasteiger partial charge in [0.15, 0.2) is 0 Å². The maximum Gasteiger partial charge on any atom is 0.251 e. The summed E-state index contributed by atoms with van der Waals surface area (Å²) in [5, 5.41) is 3.01. The van der Waals surface area contributed by atoms with E-state index in [1.54, 1.807) is 0 Å². The molecule has 3 N–H and O–H groups in total. The van der Waals surface area contributed by atoms with Gasteiger partial charge in [-0.25, -0.2) is 0 Å². The van der Waals surface area contributed by atoms with Gasteiger partial charge >= 0.3 is 0 Å². The van der Waals surface area contributed by atoms with Crippen LogP contribution in [-0.4, -0.2) is 19.0 Å². The summed E-state index contributed by atoms with van der Waals surface area (Å²) in [6.07, 6.45) is 1.19. The van der Waals surface area contributed by atoms with Gasteiger partial charge in [-0.15, -0.1) is 0 Å². The molecule has 0 aromatic heterocycles. The van der Waals surface area contributed by atoms with E-state index in [9.17, 15) is 4.79 Å². The van der Waals surface area contributed by atoms with Crippen LogP contribution < -0.4 is 11.1 Å². The second-order valence-electron chi connectivity index (χ2n) is 6.14. The third-order valence-corrected chi connectivity index (χ3v) is 4.05. The molecule has 1 amide bonds. The summed E-state index contributed by atoms with van der Waals surface area (Å²) in [6.45, 7) is 7.53. The number of hydrogen-bond acceptors (Lipinski definition) is 2. The van der Waals surface area contributed by atoms with Crippen molar-refractivity contribution in [3.05, 3.63) is 34.9 Å². The highest BCUT2D eigenvalue weighted by Gasteiger charge is 2.45. The lowest BCUT2D eigenvalue weighted by atomic mass is 10.0. The highest BCUT2D eigenvalue weighted by Crippen LogP contribution is 2.50. The van der Waals surface area contributed by atoms with E-state index < -0.39 is 0 Å². The van der Waals surface area contributed by atoms with E-state index in [0.717, 1.165) is 17.7 Å². The number of hydrogen-bond donors (Lipinski definition) is 2. The van der Waals surface area contributed by atoms with Crippen molar-refractivity contribution in [2.24, 2.45) is 17.1 Å². The number of carbonyl (C=O) groups is 1. The summed E-state index contributed by atoms with van der Waals surface area (Å²) < 4.78 is 0. The molecule has 3 heteroatoms. The zero-order valence-corrected chi connectivity index (χ0v) is 12.4. The third kappa shape index (κ3) is 3.40. The maximum absolute atomic E-state index is 12.1. The molecular weight excluding hydrogens is 248 g/mol. The molecule has 1 fully saturated rings. The summed E-state index contributed by atoms with van der Waals surface area (Å²) in [4.78, 5) is 12.1. The molecule has 0 radical (unpaired) electrons. The predicted octanol–water partition coefficient (Wildman–Crippen LogP) is 2.08. The Morgan fingerprint density at radius 1 is 1.50 bits per heavy atom. The van der Waals surface area contributed by atoms with Crippen LogP contribution in [0.5, 0.6) is 0 Å². The molecule has 1 atom stereocenters. The van der Waals surface area contributed by atoms with Crippen LogP contribution in [-0.2, 0) is 0 Å². The molecule has 2 rings (SSSR count). The first-order valence-corrected chi connectivity index (χ1v) is 7.02. The van der Waals surface area contributed by atoms with Gasteiger partial charge in [0.2, 0.25) is 0 Å². The lowest BCUT2D eigenvalue weighted by Gasteiger charge is -2.08. The predicted molar refractivity (Wildman–Crippen MR) is 81.3 cm³/mol. The monoisotopic (exact) mass is 270 g/mol. The smallest absolute Gasteiger partial charge is 0.251 e. The van der Waals surface area contributed by atoms with E-state index in [-0.39, 0.29) is 5.91 Å². The Bertz CT molecular complexity index is 578. The van der Waals surface area contributed by atoms with Crippen LogP contribution in [0, 0.1) is 30.1 Å². The summed E-state index contributed by atoms with van der Waals surface area (Å²) in [7, 11) is 0. The van der Waals surface area contributed by atoms with Gasteiger partial charge < -0.3 is 11.1 Å². The van der Waals surface area contributed by atoms with Crippen LogP contribution in [0.25, 0.3) is 0 Å². The summed E-state index contributed by atoms with van der Waals surface area (Å²) in [5.74, 6) is 6.41. The van der Waals surface area contributed by atoms with Crippen molar-refractivity contribution in [2.45, 2.75) is 27.2 Å². The Labute approximate surface area is 120 Å². The Morgan fingerprint density at radius 2 is 2.20 bits per heavy atom. The number of aryl methyl sites for hydroxylation is 1. The van der Waals surface area contributed by atoms with Crippen LogP contribution >= 0.6 is 0 Å². The fraction of sp³-hybridized carbons (Fsp3) is 0.471. The molecule has 3 nitrogen and oxygen atoms in total. The van der Waals surface area contributed by atoms with Gasteiger partial charge in [0.1, 0.15) is 0 Å². The quantitative estimate of drug-likeness (QED) is 0.826. The summed E-state index contributed by atoms with van der Waals surface area (Å²) in [5.41, 5.74) is 8.37. The Kier molecular flexibility index (Phi) is 4.15. The molecule has 0 heterocycles. The number of rotatable bonds is 3. The first kappa shape index (κ1) is 14.6. The zero-order chi connectivity index (χ0) is 14.8. The second-order valence-corrected chi connectivity index (χ2v) is 6.14. The Balaban J connectivity index is 2.02. The third-order valence-electron chi connectivity index (χ3n) is 4.05. The first-order chi connectivity index (χ1) is 9.44. The Morgan fingerprint density at radius 3 is 2.80 bits per heavy atom. The van der Waals surface area contributed by atoms with Crippen molar-refractivity contribution in [3.63, 3.8) is 0 Å². The molecule has 20 heavy (non-hydrogen) atoms. The average Bonchev–Trinajstić information content (AvgIpc) is 3.02. The molecule has 0 bridgehead atoms. The van der Waals surface area contributed by atoms with Crippen LogP contribution in [0.2, 0.25) is 0 Å². The fourth-order valence-corrected chi connectivity index (χ4v) is 2.29. The molecule has 1 unspecified atom stereocenters. The average molecular weight is 270 g/mol. The van der Waals surface area contributed by atoms with Gasteiger partial charge in [-0.2, -0.15) is 0 Å². The normalized spacial score (nSPS) is 18.9. The van der Waals surface area contributed by atoms with Gasteiger partial charge in [0, 0.05) is 17.7 Å². The van der Waals surface area contributed by atoms with Gasteiger partial charge in [-0.1, -0.05) is 31.8 Å². The zero-order valence-electron chi connectivity index (χ0n) is 12.4. The molecule has 1 saturated carbocycles. The maximum atomic E-state index is 12.1. The Hall–Kier alpha value is -1.79. The molecule has 1 aliphatic carbocycles. The minimum Gasteiger partial charge on any atom is -0.352 e. The lowest BCUT2D eigenvalue weighted by Crippen LogP contribution is -2.26. The number of carbonyl (C=O) groups excluding carboxylic acids is 1. The minimum absolute atomic E-state index is 0.0245. The van der Waals surface area contributed by atoms with Crippen LogP contribution in [0.3, 0.4) is 0 Å².